The van der Waals surface area contributed by atoms with Gasteiger partial charge in [0.05, 0.1) is 6.61 Å². The van der Waals surface area contributed by atoms with Crippen LogP contribution < -0.4 is 5.32 Å². The van der Waals surface area contributed by atoms with Crippen molar-refractivity contribution in [3.8, 4) is 0 Å². The molecule has 1 aliphatic carbocycles. The van der Waals surface area contributed by atoms with Gasteiger partial charge in [0.25, 0.3) is 11.8 Å². The fraction of sp³-hybridized carbons (Fsp3) is 0.737. The van der Waals surface area contributed by atoms with Crippen molar-refractivity contribution in [2.45, 2.75) is 64.3 Å². The number of amides is 3. The Bertz CT molecular complexity index is 649. The van der Waals surface area contributed by atoms with Crippen LogP contribution in [0.25, 0.3) is 0 Å². The largest absolute Gasteiger partial charge is 0.469 e. The molecule has 3 amide bonds. The standard InChI is InChI=1S/C19H31N2O7P/c1-14(5-3-2-4-12-28-29(25,26)27)20-19(24)16-8-6-15(7-9-16)13-21-17(22)10-11-18(21)23/h10-11,14-16H,2-9,12-13H2,1H3,(H,20,24)(H2,25,26,27). The van der Waals surface area contributed by atoms with E-state index in [0.717, 1.165) is 44.9 Å². The zero-order chi connectivity index (χ0) is 21.4. The molecule has 164 valence electrons. The van der Waals surface area contributed by atoms with Gasteiger partial charge < -0.3 is 15.1 Å². The summed E-state index contributed by atoms with van der Waals surface area (Å²) in [5, 5.41) is 3.04. The van der Waals surface area contributed by atoms with Crippen molar-refractivity contribution in [3.05, 3.63) is 12.2 Å². The van der Waals surface area contributed by atoms with Crippen LogP contribution in [0.3, 0.4) is 0 Å². The van der Waals surface area contributed by atoms with Gasteiger partial charge in [0.2, 0.25) is 5.91 Å². The molecule has 0 aromatic carbocycles. The summed E-state index contributed by atoms with van der Waals surface area (Å²) in [6, 6.07) is 0.0360. The highest BCUT2D eigenvalue weighted by Gasteiger charge is 2.31. The minimum Gasteiger partial charge on any atom is -0.353 e. The first-order chi connectivity index (χ1) is 13.7. The van der Waals surface area contributed by atoms with Crippen molar-refractivity contribution >= 4 is 25.5 Å². The molecule has 2 aliphatic rings. The fourth-order valence-corrected chi connectivity index (χ4v) is 4.19. The lowest BCUT2D eigenvalue weighted by molar-refractivity contribution is -0.138. The minimum atomic E-state index is -4.38. The molecule has 1 unspecified atom stereocenters. The summed E-state index contributed by atoms with van der Waals surface area (Å²) >= 11 is 0. The number of carbonyl (C=O) groups is 3. The molecule has 0 radical (unpaired) electrons. The van der Waals surface area contributed by atoms with E-state index in [9.17, 15) is 18.9 Å². The smallest absolute Gasteiger partial charge is 0.353 e. The molecule has 2 rings (SSSR count). The van der Waals surface area contributed by atoms with Crippen molar-refractivity contribution in [2.24, 2.45) is 11.8 Å². The predicted molar refractivity (Wildman–Crippen MR) is 105 cm³/mol. The van der Waals surface area contributed by atoms with Crippen LogP contribution in [-0.4, -0.2) is 51.6 Å². The number of imide groups is 1. The van der Waals surface area contributed by atoms with E-state index in [1.54, 1.807) is 0 Å². The maximum Gasteiger partial charge on any atom is 0.469 e. The van der Waals surface area contributed by atoms with Gasteiger partial charge in [-0.25, -0.2) is 4.57 Å². The Hall–Kier alpha value is -1.54. The molecule has 1 fully saturated rings. The molecule has 9 nitrogen and oxygen atoms in total. The van der Waals surface area contributed by atoms with Gasteiger partial charge in [0.1, 0.15) is 0 Å². The van der Waals surface area contributed by atoms with Crippen LogP contribution in [0.5, 0.6) is 0 Å². The van der Waals surface area contributed by atoms with Crippen LogP contribution in [-0.2, 0) is 23.5 Å². The zero-order valence-corrected chi connectivity index (χ0v) is 17.7. The molecule has 0 spiro atoms. The first-order valence-corrected chi connectivity index (χ1v) is 11.7. The lowest BCUT2D eigenvalue weighted by atomic mass is 9.81. The Morgan fingerprint density at radius 1 is 1.17 bits per heavy atom. The summed E-state index contributed by atoms with van der Waals surface area (Å²) in [5.41, 5.74) is 0. The molecule has 0 aromatic heterocycles. The number of rotatable bonds is 11. The SMILES string of the molecule is CC(CCCCCOP(=O)(O)O)NC(=O)C1CCC(CN2C(=O)C=CC2=O)CC1. The number of unbranched alkanes of at least 4 members (excludes halogenated alkanes) is 2. The summed E-state index contributed by atoms with van der Waals surface area (Å²) in [6.07, 6.45) is 8.72. The Kier molecular flexibility index (Phi) is 9.02. The normalized spacial score (nSPS) is 23.5. The first-order valence-electron chi connectivity index (χ1n) is 10.2. The summed E-state index contributed by atoms with van der Waals surface area (Å²) in [7, 11) is -4.38. The number of nitrogens with zero attached hydrogens (tertiary/aromatic N) is 1. The van der Waals surface area contributed by atoms with Crippen molar-refractivity contribution < 1.29 is 33.3 Å². The highest BCUT2D eigenvalue weighted by molar-refractivity contribution is 7.46. The third-order valence-electron chi connectivity index (χ3n) is 5.49. The van der Waals surface area contributed by atoms with Gasteiger partial charge in [-0.15, -0.1) is 0 Å². The van der Waals surface area contributed by atoms with Gasteiger partial charge in [0.15, 0.2) is 0 Å². The molecule has 1 aliphatic heterocycles. The average Bonchev–Trinajstić information content (AvgIpc) is 2.96. The second kappa shape index (κ2) is 11.0. The van der Waals surface area contributed by atoms with E-state index in [2.05, 4.69) is 9.84 Å². The van der Waals surface area contributed by atoms with Crippen LogP contribution in [0.15, 0.2) is 12.2 Å². The van der Waals surface area contributed by atoms with E-state index in [-0.39, 0.29) is 42.2 Å². The summed E-state index contributed by atoms with van der Waals surface area (Å²) in [5.74, 6) is -0.238. The topological polar surface area (TPSA) is 133 Å². The number of hydrogen-bond donors (Lipinski definition) is 3. The molecule has 1 atom stereocenters. The molecule has 10 heteroatoms. The molecule has 0 saturated heterocycles. The van der Waals surface area contributed by atoms with Crippen LogP contribution >= 0.6 is 7.82 Å². The molecule has 3 N–H and O–H groups in total. The quantitative estimate of drug-likeness (QED) is 0.259. The fourth-order valence-electron chi connectivity index (χ4n) is 3.82. The monoisotopic (exact) mass is 430 g/mol. The Labute approximate surface area is 171 Å². The van der Waals surface area contributed by atoms with E-state index >= 15 is 0 Å². The number of phosphoric acid groups is 1. The van der Waals surface area contributed by atoms with Crippen molar-refractivity contribution in [3.63, 3.8) is 0 Å². The Balaban J connectivity index is 1.58. The Morgan fingerprint density at radius 2 is 1.79 bits per heavy atom. The van der Waals surface area contributed by atoms with Crippen LogP contribution in [0.1, 0.15) is 58.3 Å². The summed E-state index contributed by atoms with van der Waals surface area (Å²) < 4.78 is 15.0. The van der Waals surface area contributed by atoms with Gasteiger partial charge >= 0.3 is 7.82 Å². The maximum atomic E-state index is 12.5. The van der Waals surface area contributed by atoms with Gasteiger partial charge in [-0.3, -0.25) is 23.8 Å². The number of carbonyl (C=O) groups excluding carboxylic acids is 3. The van der Waals surface area contributed by atoms with Gasteiger partial charge in [0, 0.05) is 30.7 Å². The molecule has 1 saturated carbocycles. The molecule has 0 bridgehead atoms. The average molecular weight is 430 g/mol. The van der Waals surface area contributed by atoms with E-state index in [0.29, 0.717) is 13.0 Å². The van der Waals surface area contributed by atoms with Crippen LogP contribution in [0, 0.1) is 11.8 Å². The number of phosphoric ester groups is 1. The predicted octanol–water partition coefficient (Wildman–Crippen LogP) is 1.89. The van der Waals surface area contributed by atoms with Crippen molar-refractivity contribution in [2.75, 3.05) is 13.2 Å². The first kappa shape index (κ1) is 23.7. The number of nitrogens with one attached hydrogen (secondary N) is 1. The lowest BCUT2D eigenvalue weighted by Gasteiger charge is -2.30. The molecule has 29 heavy (non-hydrogen) atoms. The summed E-state index contributed by atoms with van der Waals surface area (Å²) in [6.45, 7) is 2.41. The van der Waals surface area contributed by atoms with Gasteiger partial charge in [-0.05, 0) is 51.4 Å². The van der Waals surface area contributed by atoms with E-state index in [4.69, 9.17) is 9.79 Å². The van der Waals surface area contributed by atoms with Gasteiger partial charge in [-0.1, -0.05) is 12.8 Å². The third-order valence-corrected chi connectivity index (χ3v) is 6.01. The molecule has 0 aromatic rings. The lowest BCUT2D eigenvalue weighted by Crippen LogP contribution is -2.40. The van der Waals surface area contributed by atoms with Crippen molar-refractivity contribution in [1.29, 1.82) is 0 Å². The third kappa shape index (κ3) is 8.38. The zero-order valence-electron chi connectivity index (χ0n) is 16.8. The van der Waals surface area contributed by atoms with Gasteiger partial charge in [-0.2, -0.15) is 0 Å². The van der Waals surface area contributed by atoms with Crippen LogP contribution in [0.2, 0.25) is 0 Å². The second-order valence-electron chi connectivity index (χ2n) is 7.92. The second-order valence-corrected chi connectivity index (χ2v) is 9.16. The molecular formula is C19H31N2O7P. The molecular weight excluding hydrogens is 399 g/mol. The van der Waals surface area contributed by atoms with Crippen LogP contribution in [0.4, 0.5) is 0 Å². The molecule has 1 heterocycles. The minimum absolute atomic E-state index is 0.0267. The van der Waals surface area contributed by atoms with E-state index in [1.807, 2.05) is 6.92 Å². The summed E-state index contributed by atoms with van der Waals surface area (Å²) in [4.78, 5) is 54.2. The Morgan fingerprint density at radius 3 is 2.38 bits per heavy atom. The highest BCUT2D eigenvalue weighted by atomic mass is 31.2. The highest BCUT2D eigenvalue weighted by Crippen LogP contribution is 2.35. The number of hydrogen-bond acceptors (Lipinski definition) is 5. The van der Waals surface area contributed by atoms with E-state index in [1.165, 1.54) is 17.1 Å². The maximum absolute atomic E-state index is 12.5. The van der Waals surface area contributed by atoms with Crippen molar-refractivity contribution in [1.82, 2.24) is 10.2 Å². The van der Waals surface area contributed by atoms with E-state index < -0.39 is 7.82 Å².